The highest BCUT2D eigenvalue weighted by atomic mass is 32.2. The van der Waals surface area contributed by atoms with Crippen LogP contribution in [0.5, 0.6) is 5.75 Å². The van der Waals surface area contributed by atoms with Crippen LogP contribution < -0.4 is 9.46 Å². The van der Waals surface area contributed by atoms with Crippen molar-refractivity contribution in [2.75, 3.05) is 11.8 Å². The molecule has 5 rings (SSSR count). The molecule has 2 aromatic carbocycles. The first-order chi connectivity index (χ1) is 16.5. The number of rotatable bonds is 7. The first-order valence-corrected chi connectivity index (χ1v) is 13.6. The summed E-state index contributed by atoms with van der Waals surface area (Å²) in [7, 11) is -2.93. The van der Waals surface area contributed by atoms with E-state index in [2.05, 4.69) is 35.7 Å². The summed E-state index contributed by atoms with van der Waals surface area (Å²) in [6.45, 7) is 4.70. The third-order valence-electron chi connectivity index (χ3n) is 7.52. The Kier molecular flexibility index (Phi) is 5.63. The summed E-state index contributed by atoms with van der Waals surface area (Å²) in [5.74, 6) is -0.479. The number of ether oxygens (including phenoxy) is 1. The standard InChI is InChI=1S/C25H25FN2O5S2/c1-25(2)17-8-15(9-18(17)25)13-4-6-14(7-5-13)23-27-22(12-34-23)35(31,32)28-20-11-19(26)16(24(29)30)10-21(20)33-3/h4-7,10-12,15,17-18,28H,8-9H2,1-3H3,(H,29,30). The van der Waals surface area contributed by atoms with Gasteiger partial charge < -0.3 is 9.84 Å². The molecule has 0 amide bonds. The zero-order valence-corrected chi connectivity index (χ0v) is 21.0. The first kappa shape index (κ1) is 23.7. The predicted octanol–water partition coefficient (Wildman–Crippen LogP) is 5.61. The summed E-state index contributed by atoms with van der Waals surface area (Å²) < 4.78 is 47.2. The second-order valence-electron chi connectivity index (χ2n) is 9.76. The number of thiazole rings is 1. The molecule has 7 nitrogen and oxygen atoms in total. The Bertz CT molecular complexity index is 1400. The fourth-order valence-corrected chi connectivity index (χ4v) is 7.51. The molecule has 2 atom stereocenters. The SMILES string of the molecule is COc1cc(C(=O)O)c(F)cc1NS(=O)(=O)c1csc(-c2ccc(C3CC4C(C3)C4(C)C)cc2)n1. The molecule has 10 heteroatoms. The summed E-state index contributed by atoms with van der Waals surface area (Å²) in [6.07, 6.45) is 2.44. The number of fused-ring (bicyclic) bond motifs is 1. The lowest BCUT2D eigenvalue weighted by atomic mass is 9.88. The van der Waals surface area contributed by atoms with Gasteiger partial charge in [0.1, 0.15) is 16.6 Å². The van der Waals surface area contributed by atoms with Gasteiger partial charge in [0.25, 0.3) is 10.0 Å². The van der Waals surface area contributed by atoms with Crippen LogP contribution in [0.15, 0.2) is 46.8 Å². The van der Waals surface area contributed by atoms with Gasteiger partial charge in [-0.1, -0.05) is 38.1 Å². The second-order valence-corrected chi connectivity index (χ2v) is 12.2. The normalized spacial score (nSPS) is 22.5. The Labute approximate surface area is 207 Å². The van der Waals surface area contributed by atoms with E-state index >= 15 is 0 Å². The van der Waals surface area contributed by atoms with E-state index in [0.29, 0.717) is 16.3 Å². The minimum Gasteiger partial charge on any atom is -0.495 e. The van der Waals surface area contributed by atoms with Crippen molar-refractivity contribution in [1.29, 1.82) is 0 Å². The van der Waals surface area contributed by atoms with Crippen LogP contribution in [-0.2, 0) is 10.0 Å². The van der Waals surface area contributed by atoms with E-state index in [4.69, 9.17) is 9.84 Å². The molecular formula is C25H25FN2O5S2. The Hall–Kier alpha value is -2.98. The molecule has 184 valence electrons. The smallest absolute Gasteiger partial charge is 0.338 e. The van der Waals surface area contributed by atoms with E-state index in [1.807, 2.05) is 12.1 Å². The Morgan fingerprint density at radius 2 is 1.86 bits per heavy atom. The number of carboxylic acid groups (broad SMARTS) is 1. The molecule has 2 saturated carbocycles. The van der Waals surface area contributed by atoms with Crippen LogP contribution in [0.2, 0.25) is 0 Å². The van der Waals surface area contributed by atoms with Gasteiger partial charge in [0, 0.05) is 17.0 Å². The molecule has 2 N–H and O–H groups in total. The maximum atomic E-state index is 14.1. The van der Waals surface area contributed by atoms with Gasteiger partial charge in [-0.05, 0) is 47.6 Å². The maximum absolute atomic E-state index is 14.1. The quantitative estimate of drug-likeness (QED) is 0.423. The highest BCUT2D eigenvalue weighted by molar-refractivity contribution is 7.92. The maximum Gasteiger partial charge on any atom is 0.338 e. The fourth-order valence-electron chi connectivity index (χ4n) is 5.35. The van der Waals surface area contributed by atoms with Crippen LogP contribution in [-0.4, -0.2) is 31.6 Å². The van der Waals surface area contributed by atoms with E-state index in [-0.39, 0.29) is 16.5 Å². The number of methoxy groups -OCH3 is 1. The van der Waals surface area contributed by atoms with E-state index < -0.39 is 27.4 Å². The monoisotopic (exact) mass is 516 g/mol. The van der Waals surface area contributed by atoms with Gasteiger partial charge in [0.05, 0.1) is 18.4 Å². The van der Waals surface area contributed by atoms with Crippen LogP contribution in [0.3, 0.4) is 0 Å². The van der Waals surface area contributed by atoms with Crippen LogP contribution in [0.4, 0.5) is 10.1 Å². The number of anilines is 1. The number of aromatic nitrogens is 1. The lowest BCUT2D eigenvalue weighted by Gasteiger charge is -2.17. The van der Waals surface area contributed by atoms with Crippen molar-refractivity contribution >= 4 is 33.0 Å². The molecule has 1 heterocycles. The number of hydrogen-bond acceptors (Lipinski definition) is 6. The molecule has 1 aromatic heterocycles. The molecule has 2 fully saturated rings. The van der Waals surface area contributed by atoms with Crippen LogP contribution in [0.1, 0.15) is 48.5 Å². The molecular weight excluding hydrogens is 491 g/mol. The number of nitrogens with one attached hydrogen (secondary N) is 1. The number of halogens is 1. The Morgan fingerprint density at radius 1 is 1.20 bits per heavy atom. The number of carboxylic acids is 1. The third-order valence-corrected chi connectivity index (χ3v) is 9.81. The van der Waals surface area contributed by atoms with Crippen molar-refractivity contribution in [2.24, 2.45) is 17.3 Å². The molecule has 3 aromatic rings. The Morgan fingerprint density at radius 3 is 2.46 bits per heavy atom. The molecule has 2 aliphatic rings. The number of nitrogens with zero attached hydrogens (tertiary/aromatic N) is 1. The third kappa shape index (κ3) is 4.18. The van der Waals surface area contributed by atoms with E-state index in [1.54, 1.807) is 0 Å². The lowest BCUT2D eigenvalue weighted by Crippen LogP contribution is -2.15. The Balaban J connectivity index is 1.33. The van der Waals surface area contributed by atoms with E-state index in [1.165, 1.54) is 42.2 Å². The van der Waals surface area contributed by atoms with Gasteiger partial charge in [0.2, 0.25) is 0 Å². The number of benzene rings is 2. The lowest BCUT2D eigenvalue weighted by molar-refractivity contribution is 0.0691. The number of hydrogen-bond donors (Lipinski definition) is 2. The zero-order chi connectivity index (χ0) is 25.1. The van der Waals surface area contributed by atoms with Gasteiger partial charge in [0.15, 0.2) is 5.03 Å². The largest absolute Gasteiger partial charge is 0.495 e. The van der Waals surface area contributed by atoms with Crippen molar-refractivity contribution in [2.45, 2.75) is 37.6 Å². The van der Waals surface area contributed by atoms with Crippen molar-refractivity contribution < 1.29 is 27.4 Å². The van der Waals surface area contributed by atoms with Gasteiger partial charge in [-0.15, -0.1) is 11.3 Å². The second kappa shape index (κ2) is 8.30. The molecule has 0 bridgehead atoms. The average molecular weight is 517 g/mol. The van der Waals surface area contributed by atoms with Gasteiger partial charge in [-0.3, -0.25) is 4.72 Å². The minimum absolute atomic E-state index is 0.119. The van der Waals surface area contributed by atoms with Crippen molar-refractivity contribution in [3.63, 3.8) is 0 Å². The van der Waals surface area contributed by atoms with Gasteiger partial charge in [-0.25, -0.2) is 14.2 Å². The number of sulfonamides is 1. The molecule has 0 saturated heterocycles. The van der Waals surface area contributed by atoms with Crippen molar-refractivity contribution in [1.82, 2.24) is 4.98 Å². The van der Waals surface area contributed by atoms with Crippen molar-refractivity contribution in [3.05, 3.63) is 58.7 Å². The van der Waals surface area contributed by atoms with Gasteiger partial charge >= 0.3 is 5.97 Å². The minimum atomic E-state index is -4.16. The summed E-state index contributed by atoms with van der Waals surface area (Å²) in [4.78, 5) is 15.4. The molecule has 2 aliphatic carbocycles. The van der Waals surface area contributed by atoms with E-state index in [0.717, 1.165) is 29.5 Å². The van der Waals surface area contributed by atoms with Crippen molar-refractivity contribution in [3.8, 4) is 16.3 Å². The predicted molar refractivity (Wildman–Crippen MR) is 131 cm³/mol. The molecule has 0 aliphatic heterocycles. The zero-order valence-electron chi connectivity index (χ0n) is 19.4. The molecule has 0 spiro atoms. The highest BCUT2D eigenvalue weighted by Crippen LogP contribution is 2.69. The van der Waals surface area contributed by atoms with Gasteiger partial charge in [-0.2, -0.15) is 8.42 Å². The summed E-state index contributed by atoms with van der Waals surface area (Å²) in [5, 5.41) is 10.8. The fraction of sp³-hybridized carbons (Fsp3) is 0.360. The number of carbonyl (C=O) groups is 1. The summed E-state index contributed by atoms with van der Waals surface area (Å²) >= 11 is 1.19. The average Bonchev–Trinajstić information content (AvgIpc) is 3.28. The molecule has 0 radical (unpaired) electrons. The summed E-state index contributed by atoms with van der Waals surface area (Å²) in [6, 6.07) is 9.84. The van der Waals surface area contributed by atoms with Crippen LogP contribution in [0.25, 0.3) is 10.6 Å². The first-order valence-electron chi connectivity index (χ1n) is 11.2. The van der Waals surface area contributed by atoms with Crippen LogP contribution in [0, 0.1) is 23.1 Å². The van der Waals surface area contributed by atoms with E-state index in [9.17, 15) is 17.6 Å². The molecule has 35 heavy (non-hydrogen) atoms. The summed E-state index contributed by atoms with van der Waals surface area (Å²) in [5.41, 5.74) is 1.77. The number of aromatic carboxylic acids is 1. The highest BCUT2D eigenvalue weighted by Gasteiger charge is 2.61. The van der Waals surface area contributed by atoms with Crippen LogP contribution >= 0.6 is 11.3 Å². The molecule has 2 unspecified atom stereocenters. The topological polar surface area (TPSA) is 106 Å².